The maximum Gasteiger partial charge on any atom is 0.317 e. The van der Waals surface area contributed by atoms with Gasteiger partial charge in [0, 0.05) is 48.6 Å². The average molecular weight is 382 g/mol. The number of ether oxygens (including phenoxy) is 2. The maximum atomic E-state index is 12.6. The van der Waals surface area contributed by atoms with Crippen LogP contribution >= 0.6 is 11.3 Å². The minimum absolute atomic E-state index is 0.0106. The number of rotatable bonds is 7. The molecule has 26 heavy (non-hydrogen) atoms. The summed E-state index contributed by atoms with van der Waals surface area (Å²) in [6.07, 6.45) is 2.27. The molecule has 0 spiro atoms. The Labute approximate surface area is 160 Å². The van der Waals surface area contributed by atoms with Gasteiger partial charge in [0.2, 0.25) is 0 Å². The third kappa shape index (κ3) is 4.57. The van der Waals surface area contributed by atoms with Crippen LogP contribution in [0.3, 0.4) is 0 Å². The van der Waals surface area contributed by atoms with E-state index in [1.54, 1.807) is 16.2 Å². The summed E-state index contributed by atoms with van der Waals surface area (Å²) in [4.78, 5) is 19.3. The molecule has 2 heterocycles. The summed E-state index contributed by atoms with van der Waals surface area (Å²) in [5.74, 6) is 0. The van der Waals surface area contributed by atoms with E-state index in [0.717, 1.165) is 45.8 Å². The predicted octanol–water partition coefficient (Wildman–Crippen LogP) is 2.47. The molecule has 2 aliphatic rings. The topological polar surface area (TPSA) is 54.0 Å². The van der Waals surface area contributed by atoms with E-state index in [9.17, 15) is 4.79 Å². The molecule has 1 aliphatic carbocycles. The SMILES string of the molecule is CCOC1CC(CNC(=O)N(C)Cc2ccc(C)s2)(N2CCOCC2)C1. The molecule has 2 fully saturated rings. The molecule has 1 N–H and O–H groups in total. The highest BCUT2D eigenvalue weighted by Crippen LogP contribution is 2.40. The fraction of sp³-hybridized carbons (Fsp3) is 0.737. The lowest BCUT2D eigenvalue weighted by Gasteiger charge is -2.55. The number of hydrogen-bond donors (Lipinski definition) is 1. The second kappa shape index (κ2) is 8.69. The zero-order valence-corrected chi connectivity index (χ0v) is 16.9. The largest absolute Gasteiger partial charge is 0.379 e. The minimum Gasteiger partial charge on any atom is -0.379 e. The first-order valence-electron chi connectivity index (χ1n) is 9.51. The fourth-order valence-electron chi connectivity index (χ4n) is 3.94. The third-order valence-electron chi connectivity index (χ3n) is 5.40. The Morgan fingerprint density at radius 2 is 2.15 bits per heavy atom. The lowest BCUT2D eigenvalue weighted by molar-refractivity contribution is -0.124. The Balaban J connectivity index is 1.54. The monoisotopic (exact) mass is 381 g/mol. The van der Waals surface area contributed by atoms with E-state index >= 15 is 0 Å². The highest BCUT2D eigenvalue weighted by atomic mass is 32.1. The summed E-state index contributed by atoms with van der Waals surface area (Å²) in [5.41, 5.74) is 0.0135. The smallest absolute Gasteiger partial charge is 0.317 e. The maximum absolute atomic E-state index is 12.6. The zero-order chi connectivity index (χ0) is 18.6. The number of aryl methyl sites for hydroxylation is 1. The van der Waals surface area contributed by atoms with Crippen molar-refractivity contribution >= 4 is 17.4 Å². The van der Waals surface area contributed by atoms with Crippen LogP contribution in [0.5, 0.6) is 0 Å². The predicted molar refractivity (Wildman–Crippen MR) is 104 cm³/mol. The Hall–Kier alpha value is -1.15. The van der Waals surface area contributed by atoms with Gasteiger partial charge in [-0.2, -0.15) is 0 Å². The summed E-state index contributed by atoms with van der Waals surface area (Å²) in [7, 11) is 1.86. The van der Waals surface area contributed by atoms with E-state index in [4.69, 9.17) is 9.47 Å². The van der Waals surface area contributed by atoms with Gasteiger partial charge in [0.25, 0.3) is 0 Å². The van der Waals surface area contributed by atoms with Gasteiger partial charge in [-0.3, -0.25) is 4.90 Å². The number of carbonyl (C=O) groups excluding carboxylic acids is 1. The first-order chi connectivity index (χ1) is 12.5. The lowest BCUT2D eigenvalue weighted by atomic mass is 9.72. The molecule has 7 heteroatoms. The van der Waals surface area contributed by atoms with Crippen LogP contribution in [0.4, 0.5) is 4.79 Å². The molecule has 0 bridgehead atoms. The van der Waals surface area contributed by atoms with Crippen LogP contribution in [0.2, 0.25) is 0 Å². The quantitative estimate of drug-likeness (QED) is 0.788. The number of morpholine rings is 1. The van der Waals surface area contributed by atoms with Crippen LogP contribution in [0.1, 0.15) is 29.5 Å². The molecule has 1 aromatic rings. The number of thiophene rings is 1. The molecular weight excluding hydrogens is 350 g/mol. The van der Waals surface area contributed by atoms with Crippen molar-refractivity contribution in [1.82, 2.24) is 15.1 Å². The van der Waals surface area contributed by atoms with E-state index in [0.29, 0.717) is 19.2 Å². The van der Waals surface area contributed by atoms with E-state index < -0.39 is 0 Å². The number of hydrogen-bond acceptors (Lipinski definition) is 5. The van der Waals surface area contributed by atoms with Crippen molar-refractivity contribution in [1.29, 1.82) is 0 Å². The van der Waals surface area contributed by atoms with E-state index in [1.165, 1.54) is 9.75 Å². The van der Waals surface area contributed by atoms with Crippen LogP contribution in [-0.2, 0) is 16.0 Å². The van der Waals surface area contributed by atoms with Crippen molar-refractivity contribution in [3.8, 4) is 0 Å². The van der Waals surface area contributed by atoms with Gasteiger partial charge in [0.15, 0.2) is 0 Å². The number of nitrogens with one attached hydrogen (secondary N) is 1. The Kier molecular flexibility index (Phi) is 6.55. The van der Waals surface area contributed by atoms with Crippen molar-refractivity contribution < 1.29 is 14.3 Å². The summed E-state index contributed by atoms with van der Waals surface area (Å²) in [5, 5.41) is 3.17. The number of urea groups is 1. The number of nitrogens with zero attached hydrogens (tertiary/aromatic N) is 2. The molecule has 0 unspecified atom stereocenters. The van der Waals surface area contributed by atoms with Crippen molar-refractivity contribution in [2.45, 2.75) is 44.9 Å². The van der Waals surface area contributed by atoms with Crippen LogP contribution in [0.25, 0.3) is 0 Å². The summed E-state index contributed by atoms with van der Waals surface area (Å²) < 4.78 is 11.3. The molecule has 3 rings (SSSR count). The minimum atomic E-state index is -0.0106. The molecule has 2 amide bonds. The van der Waals surface area contributed by atoms with Crippen molar-refractivity contribution in [3.05, 3.63) is 21.9 Å². The number of amides is 2. The molecular formula is C19H31N3O3S. The highest BCUT2D eigenvalue weighted by molar-refractivity contribution is 7.11. The van der Waals surface area contributed by atoms with Crippen LogP contribution in [-0.4, -0.2) is 74.0 Å². The van der Waals surface area contributed by atoms with Gasteiger partial charge in [-0.05, 0) is 38.8 Å². The van der Waals surface area contributed by atoms with Gasteiger partial charge < -0.3 is 19.7 Å². The van der Waals surface area contributed by atoms with E-state index in [1.807, 2.05) is 14.0 Å². The second-order valence-corrected chi connectivity index (χ2v) is 8.71. The molecule has 1 aliphatic heterocycles. The lowest BCUT2D eigenvalue weighted by Crippen LogP contribution is -2.67. The van der Waals surface area contributed by atoms with Gasteiger partial charge in [-0.25, -0.2) is 4.79 Å². The summed E-state index contributed by atoms with van der Waals surface area (Å²) in [6, 6.07) is 4.18. The zero-order valence-electron chi connectivity index (χ0n) is 16.1. The van der Waals surface area contributed by atoms with Crippen LogP contribution < -0.4 is 5.32 Å². The van der Waals surface area contributed by atoms with Crippen molar-refractivity contribution in [2.24, 2.45) is 0 Å². The molecule has 1 saturated heterocycles. The normalized spacial score (nSPS) is 26.3. The van der Waals surface area contributed by atoms with Crippen LogP contribution in [0, 0.1) is 6.92 Å². The Morgan fingerprint density at radius 3 is 2.77 bits per heavy atom. The molecule has 0 atom stereocenters. The van der Waals surface area contributed by atoms with Gasteiger partial charge >= 0.3 is 6.03 Å². The van der Waals surface area contributed by atoms with Crippen molar-refractivity contribution in [3.63, 3.8) is 0 Å². The molecule has 0 aromatic carbocycles. The van der Waals surface area contributed by atoms with Crippen LogP contribution in [0.15, 0.2) is 12.1 Å². The fourth-order valence-corrected chi connectivity index (χ4v) is 4.89. The van der Waals surface area contributed by atoms with Gasteiger partial charge in [0.1, 0.15) is 0 Å². The Bertz CT molecular complexity index is 595. The first kappa shape index (κ1) is 19.6. The number of carbonyl (C=O) groups is 1. The van der Waals surface area contributed by atoms with Gasteiger partial charge in [-0.1, -0.05) is 0 Å². The van der Waals surface area contributed by atoms with E-state index in [2.05, 4.69) is 29.3 Å². The summed E-state index contributed by atoms with van der Waals surface area (Å²) >= 11 is 1.74. The molecule has 1 aromatic heterocycles. The second-order valence-electron chi connectivity index (χ2n) is 7.34. The third-order valence-corrected chi connectivity index (χ3v) is 6.39. The van der Waals surface area contributed by atoms with Crippen molar-refractivity contribution in [2.75, 3.05) is 46.5 Å². The Morgan fingerprint density at radius 1 is 1.42 bits per heavy atom. The van der Waals surface area contributed by atoms with E-state index in [-0.39, 0.29) is 11.6 Å². The molecule has 1 saturated carbocycles. The molecule has 146 valence electrons. The molecule has 0 radical (unpaired) electrons. The molecule has 6 nitrogen and oxygen atoms in total. The highest BCUT2D eigenvalue weighted by Gasteiger charge is 2.49. The van der Waals surface area contributed by atoms with Gasteiger partial charge in [0.05, 0.1) is 25.9 Å². The first-order valence-corrected chi connectivity index (χ1v) is 10.3. The average Bonchev–Trinajstić information content (AvgIpc) is 3.02. The van der Waals surface area contributed by atoms with Gasteiger partial charge in [-0.15, -0.1) is 11.3 Å². The standard InChI is InChI=1S/C19H31N3O3S/c1-4-25-16-11-19(12-16,22-7-9-24-10-8-22)14-20-18(23)21(3)13-17-6-5-15(2)26-17/h5-6,16H,4,7-14H2,1-3H3,(H,20,23). The summed E-state index contributed by atoms with van der Waals surface area (Å²) in [6.45, 7) is 9.60.